The molecule has 1 aromatic carbocycles. The van der Waals surface area contributed by atoms with Crippen LogP contribution in [0.3, 0.4) is 0 Å². The maximum absolute atomic E-state index is 11.8. The molecule has 0 fully saturated rings. The lowest BCUT2D eigenvalue weighted by Gasteiger charge is -2.07. The number of rotatable bonds is 6. The standard InChI is InChI=1S/C16H20N4O3/c1-4-23-14-7-5-6-13(16(14)22)9-17-18-15(21)10-20-12(3)8-11(2)19-20/h5-9,22H,4,10H2,1-3H3,(H,18,21)/b17-9+. The molecule has 7 heteroatoms. The highest BCUT2D eigenvalue weighted by atomic mass is 16.5. The van der Waals surface area contributed by atoms with Gasteiger partial charge in [0.1, 0.15) is 6.54 Å². The van der Waals surface area contributed by atoms with E-state index in [4.69, 9.17) is 4.74 Å². The van der Waals surface area contributed by atoms with Crippen LogP contribution in [0.4, 0.5) is 0 Å². The van der Waals surface area contributed by atoms with Crippen LogP contribution in [0, 0.1) is 13.8 Å². The largest absolute Gasteiger partial charge is 0.504 e. The zero-order chi connectivity index (χ0) is 16.8. The summed E-state index contributed by atoms with van der Waals surface area (Å²) in [5, 5.41) is 18.1. The van der Waals surface area contributed by atoms with Crippen molar-refractivity contribution in [1.29, 1.82) is 0 Å². The molecule has 0 saturated carbocycles. The molecule has 1 heterocycles. The second-order valence-corrected chi connectivity index (χ2v) is 5.00. The molecule has 0 aliphatic rings. The van der Waals surface area contributed by atoms with E-state index in [1.165, 1.54) is 6.21 Å². The van der Waals surface area contributed by atoms with Gasteiger partial charge >= 0.3 is 0 Å². The van der Waals surface area contributed by atoms with Gasteiger partial charge in [-0.2, -0.15) is 10.2 Å². The third-order valence-electron chi connectivity index (χ3n) is 3.12. The van der Waals surface area contributed by atoms with E-state index in [0.29, 0.717) is 17.9 Å². The van der Waals surface area contributed by atoms with Crippen LogP contribution in [-0.2, 0) is 11.3 Å². The lowest BCUT2D eigenvalue weighted by atomic mass is 10.2. The summed E-state index contributed by atoms with van der Waals surface area (Å²) >= 11 is 0. The number of hydrazone groups is 1. The number of hydrogen-bond donors (Lipinski definition) is 2. The van der Waals surface area contributed by atoms with Crippen LogP contribution in [0.1, 0.15) is 23.9 Å². The minimum absolute atomic E-state index is 0.00843. The topological polar surface area (TPSA) is 88.7 Å². The van der Waals surface area contributed by atoms with Gasteiger partial charge in [0, 0.05) is 11.3 Å². The number of nitrogens with zero attached hydrogens (tertiary/aromatic N) is 3. The predicted octanol–water partition coefficient (Wildman–Crippen LogP) is 1.75. The number of nitrogens with one attached hydrogen (secondary N) is 1. The molecular weight excluding hydrogens is 296 g/mol. The van der Waals surface area contributed by atoms with E-state index < -0.39 is 0 Å². The summed E-state index contributed by atoms with van der Waals surface area (Å²) in [5.41, 5.74) is 4.64. The van der Waals surface area contributed by atoms with Gasteiger partial charge in [-0.3, -0.25) is 9.48 Å². The minimum atomic E-state index is -0.298. The Kier molecular flexibility index (Phi) is 5.35. The monoisotopic (exact) mass is 316 g/mol. The zero-order valence-electron chi connectivity index (χ0n) is 13.4. The normalized spacial score (nSPS) is 10.9. The van der Waals surface area contributed by atoms with Crippen LogP contribution in [0.5, 0.6) is 11.5 Å². The Morgan fingerprint density at radius 1 is 1.48 bits per heavy atom. The Balaban J connectivity index is 1.97. The summed E-state index contributed by atoms with van der Waals surface area (Å²) in [4.78, 5) is 11.8. The Morgan fingerprint density at radius 3 is 2.91 bits per heavy atom. The molecule has 0 saturated heterocycles. The first-order valence-electron chi connectivity index (χ1n) is 7.29. The van der Waals surface area contributed by atoms with Crippen molar-refractivity contribution >= 4 is 12.1 Å². The number of aromatic nitrogens is 2. The number of hydrogen-bond acceptors (Lipinski definition) is 5. The highest BCUT2D eigenvalue weighted by Crippen LogP contribution is 2.28. The maximum atomic E-state index is 11.8. The van der Waals surface area contributed by atoms with Crippen molar-refractivity contribution in [3.8, 4) is 11.5 Å². The first kappa shape index (κ1) is 16.5. The number of carbonyl (C=O) groups is 1. The molecule has 122 valence electrons. The number of carbonyl (C=O) groups excluding carboxylic acids is 1. The van der Waals surface area contributed by atoms with E-state index in [9.17, 15) is 9.90 Å². The average molecular weight is 316 g/mol. The lowest BCUT2D eigenvalue weighted by molar-refractivity contribution is -0.121. The molecule has 0 aliphatic heterocycles. The average Bonchev–Trinajstić information content (AvgIpc) is 2.81. The number of amides is 1. The Labute approximate surface area is 134 Å². The van der Waals surface area contributed by atoms with E-state index in [0.717, 1.165) is 11.4 Å². The fraction of sp³-hybridized carbons (Fsp3) is 0.312. The first-order valence-corrected chi connectivity index (χ1v) is 7.29. The number of phenols is 1. The van der Waals surface area contributed by atoms with E-state index >= 15 is 0 Å². The molecule has 23 heavy (non-hydrogen) atoms. The quantitative estimate of drug-likeness (QED) is 0.628. The van der Waals surface area contributed by atoms with Gasteiger partial charge in [-0.15, -0.1) is 0 Å². The van der Waals surface area contributed by atoms with Gasteiger partial charge in [-0.1, -0.05) is 6.07 Å². The molecule has 0 spiro atoms. The highest BCUT2D eigenvalue weighted by molar-refractivity contribution is 5.86. The summed E-state index contributed by atoms with van der Waals surface area (Å²) in [5.74, 6) is 0.0733. The van der Waals surface area contributed by atoms with Crippen LogP contribution in [0.25, 0.3) is 0 Å². The number of aromatic hydroxyl groups is 1. The van der Waals surface area contributed by atoms with Gasteiger partial charge in [0.05, 0.1) is 18.5 Å². The second-order valence-electron chi connectivity index (χ2n) is 5.00. The summed E-state index contributed by atoms with van der Waals surface area (Å²) in [6, 6.07) is 6.98. The SMILES string of the molecule is CCOc1cccc(/C=N/NC(=O)Cn2nc(C)cc2C)c1O. The Hall–Kier alpha value is -2.83. The molecule has 0 aliphatic carbocycles. The molecule has 2 aromatic rings. The smallest absolute Gasteiger partial charge is 0.261 e. The van der Waals surface area contributed by atoms with Gasteiger partial charge < -0.3 is 9.84 Å². The van der Waals surface area contributed by atoms with Crippen molar-refractivity contribution in [3.05, 3.63) is 41.2 Å². The van der Waals surface area contributed by atoms with Crippen molar-refractivity contribution in [3.63, 3.8) is 0 Å². The van der Waals surface area contributed by atoms with Crippen molar-refractivity contribution in [2.24, 2.45) is 5.10 Å². The summed E-state index contributed by atoms with van der Waals surface area (Å²) in [7, 11) is 0. The van der Waals surface area contributed by atoms with Crippen LogP contribution < -0.4 is 10.2 Å². The molecule has 2 N–H and O–H groups in total. The summed E-state index contributed by atoms with van der Waals surface area (Å²) < 4.78 is 6.89. The van der Waals surface area contributed by atoms with Crippen LogP contribution in [0.2, 0.25) is 0 Å². The molecule has 1 amide bonds. The fourth-order valence-corrected chi connectivity index (χ4v) is 2.10. The summed E-state index contributed by atoms with van der Waals surface area (Å²) in [6.07, 6.45) is 1.37. The first-order chi connectivity index (χ1) is 11.0. The van der Waals surface area contributed by atoms with Gasteiger partial charge in [-0.05, 0) is 39.0 Å². The van der Waals surface area contributed by atoms with E-state index in [1.54, 1.807) is 22.9 Å². The molecule has 0 radical (unpaired) electrons. The van der Waals surface area contributed by atoms with E-state index in [1.807, 2.05) is 26.8 Å². The fourth-order valence-electron chi connectivity index (χ4n) is 2.10. The van der Waals surface area contributed by atoms with Gasteiger partial charge in [0.2, 0.25) is 0 Å². The molecule has 0 atom stereocenters. The molecule has 7 nitrogen and oxygen atoms in total. The van der Waals surface area contributed by atoms with E-state index in [2.05, 4.69) is 15.6 Å². The number of para-hydroxylation sites is 1. The second kappa shape index (κ2) is 7.44. The third kappa shape index (κ3) is 4.32. The van der Waals surface area contributed by atoms with Gasteiger partial charge in [0.25, 0.3) is 5.91 Å². The number of ether oxygens (including phenoxy) is 1. The van der Waals surface area contributed by atoms with Crippen LogP contribution in [0.15, 0.2) is 29.4 Å². The van der Waals surface area contributed by atoms with Crippen molar-refractivity contribution in [2.75, 3.05) is 6.61 Å². The Morgan fingerprint density at radius 2 is 2.26 bits per heavy atom. The minimum Gasteiger partial charge on any atom is -0.504 e. The third-order valence-corrected chi connectivity index (χ3v) is 3.12. The van der Waals surface area contributed by atoms with Crippen molar-refractivity contribution in [2.45, 2.75) is 27.3 Å². The number of aryl methyl sites for hydroxylation is 2. The van der Waals surface area contributed by atoms with Gasteiger partial charge in [0.15, 0.2) is 11.5 Å². The van der Waals surface area contributed by atoms with Crippen molar-refractivity contribution in [1.82, 2.24) is 15.2 Å². The maximum Gasteiger partial charge on any atom is 0.261 e. The molecular formula is C16H20N4O3. The van der Waals surface area contributed by atoms with Crippen LogP contribution in [-0.4, -0.2) is 33.6 Å². The van der Waals surface area contributed by atoms with E-state index in [-0.39, 0.29) is 18.2 Å². The molecule has 0 bridgehead atoms. The number of phenolic OH excluding ortho intramolecular Hbond substituents is 1. The predicted molar refractivity (Wildman–Crippen MR) is 86.7 cm³/mol. The molecule has 2 rings (SSSR count). The van der Waals surface area contributed by atoms with Gasteiger partial charge in [-0.25, -0.2) is 5.43 Å². The van der Waals surface area contributed by atoms with Crippen molar-refractivity contribution < 1.29 is 14.6 Å². The number of benzene rings is 1. The van der Waals surface area contributed by atoms with Crippen LogP contribution >= 0.6 is 0 Å². The molecule has 1 aromatic heterocycles. The Bertz CT molecular complexity index is 722. The lowest BCUT2D eigenvalue weighted by Crippen LogP contribution is -2.24. The summed E-state index contributed by atoms with van der Waals surface area (Å²) in [6.45, 7) is 6.12. The molecule has 0 unspecified atom stereocenters. The highest BCUT2D eigenvalue weighted by Gasteiger charge is 2.07. The zero-order valence-corrected chi connectivity index (χ0v) is 13.4.